The number of carbonyl (C=O) groups is 1. The van der Waals surface area contributed by atoms with Crippen LogP contribution in [-0.2, 0) is 0 Å². The van der Waals surface area contributed by atoms with Crippen molar-refractivity contribution in [2.24, 2.45) is 0 Å². The molecule has 0 spiro atoms. The highest BCUT2D eigenvalue weighted by Gasteiger charge is 2.22. The van der Waals surface area contributed by atoms with Gasteiger partial charge in [-0.15, -0.1) is 0 Å². The first kappa shape index (κ1) is 24.9. The highest BCUT2D eigenvalue weighted by atomic mass is 16.2. The number of amides is 1. The Morgan fingerprint density at radius 2 is 1.81 bits per heavy atom. The number of fused-ring (bicyclic) bond motifs is 1. The smallest absolute Gasteiger partial charge is 0.255 e. The average molecular weight is 498 g/mol. The summed E-state index contributed by atoms with van der Waals surface area (Å²) in [4.78, 5) is 37.1. The van der Waals surface area contributed by atoms with Gasteiger partial charge in [0.1, 0.15) is 5.52 Å². The standard InChI is InChI=1S/C29H35N7O/c1-3-14-36(29(37)23-21-26(33-22(23)2)24-8-4-5-11-30-24)16-7-15-34-17-19-35(20-18-34)27-10-6-9-25-28(27)32-13-12-31-25/h4-6,8-13,21,33H,3,7,14-20H2,1-2H3. The lowest BCUT2D eigenvalue weighted by atomic mass is 10.1. The van der Waals surface area contributed by atoms with E-state index < -0.39 is 0 Å². The number of aromatic amines is 1. The fraction of sp³-hybridized carbons (Fsp3) is 0.379. The maximum Gasteiger partial charge on any atom is 0.255 e. The zero-order chi connectivity index (χ0) is 25.6. The molecular formula is C29H35N7O. The van der Waals surface area contributed by atoms with E-state index in [0.717, 1.165) is 98.0 Å². The van der Waals surface area contributed by atoms with Gasteiger partial charge in [0.15, 0.2) is 0 Å². The minimum Gasteiger partial charge on any atom is -0.367 e. The van der Waals surface area contributed by atoms with Crippen LogP contribution >= 0.6 is 0 Å². The number of hydrogen-bond donors (Lipinski definition) is 1. The largest absolute Gasteiger partial charge is 0.367 e. The van der Waals surface area contributed by atoms with Gasteiger partial charge in [0, 0.05) is 63.6 Å². The maximum absolute atomic E-state index is 13.4. The van der Waals surface area contributed by atoms with E-state index in [1.165, 1.54) is 0 Å². The molecule has 1 aromatic carbocycles. The summed E-state index contributed by atoms with van der Waals surface area (Å²) < 4.78 is 0. The molecule has 1 aliphatic rings. The number of H-pyrrole nitrogens is 1. The molecule has 4 aromatic rings. The number of anilines is 1. The lowest BCUT2D eigenvalue weighted by Crippen LogP contribution is -2.47. The van der Waals surface area contributed by atoms with Gasteiger partial charge >= 0.3 is 0 Å². The van der Waals surface area contributed by atoms with E-state index in [1.54, 1.807) is 18.6 Å². The van der Waals surface area contributed by atoms with E-state index in [0.29, 0.717) is 0 Å². The van der Waals surface area contributed by atoms with Crippen molar-refractivity contribution in [3.63, 3.8) is 0 Å². The molecule has 0 atom stereocenters. The maximum atomic E-state index is 13.4. The molecule has 1 amide bonds. The third-order valence-corrected chi connectivity index (χ3v) is 7.06. The molecule has 3 aromatic heterocycles. The second-order valence-corrected chi connectivity index (χ2v) is 9.61. The van der Waals surface area contributed by atoms with Crippen LogP contribution in [0.25, 0.3) is 22.4 Å². The van der Waals surface area contributed by atoms with Crippen molar-refractivity contribution in [2.75, 3.05) is 50.7 Å². The predicted octanol–water partition coefficient (Wildman–Crippen LogP) is 4.39. The van der Waals surface area contributed by atoms with Crippen LogP contribution in [0, 0.1) is 6.92 Å². The van der Waals surface area contributed by atoms with E-state index in [9.17, 15) is 4.79 Å². The summed E-state index contributed by atoms with van der Waals surface area (Å²) in [5.41, 5.74) is 6.43. The molecule has 0 saturated carbocycles. The molecule has 1 N–H and O–H groups in total. The van der Waals surface area contributed by atoms with E-state index >= 15 is 0 Å². The minimum absolute atomic E-state index is 0.0969. The summed E-state index contributed by atoms with van der Waals surface area (Å²) in [6, 6.07) is 14.0. The van der Waals surface area contributed by atoms with E-state index in [4.69, 9.17) is 0 Å². The van der Waals surface area contributed by atoms with Crippen molar-refractivity contribution in [1.29, 1.82) is 0 Å². The Bertz CT molecular complexity index is 1320. The van der Waals surface area contributed by atoms with Crippen molar-refractivity contribution < 1.29 is 4.79 Å². The van der Waals surface area contributed by atoms with Crippen molar-refractivity contribution in [2.45, 2.75) is 26.7 Å². The summed E-state index contributed by atoms with van der Waals surface area (Å²) in [6.45, 7) is 10.5. The Hall–Kier alpha value is -3.78. The number of piperazine rings is 1. The van der Waals surface area contributed by atoms with Crippen LogP contribution < -0.4 is 4.90 Å². The Kier molecular flexibility index (Phi) is 7.75. The number of aryl methyl sites for hydroxylation is 1. The number of rotatable bonds is 9. The number of nitrogens with zero attached hydrogens (tertiary/aromatic N) is 6. The Balaban J connectivity index is 1.16. The topological polar surface area (TPSA) is 81.2 Å². The van der Waals surface area contributed by atoms with Crippen LogP contribution in [-0.4, -0.2) is 81.5 Å². The summed E-state index contributed by atoms with van der Waals surface area (Å²) >= 11 is 0. The lowest BCUT2D eigenvalue weighted by molar-refractivity contribution is 0.0746. The minimum atomic E-state index is 0.0969. The Morgan fingerprint density at radius 3 is 2.59 bits per heavy atom. The third-order valence-electron chi connectivity index (χ3n) is 7.06. The molecule has 1 fully saturated rings. The summed E-state index contributed by atoms with van der Waals surface area (Å²) in [6.07, 6.45) is 7.18. The summed E-state index contributed by atoms with van der Waals surface area (Å²) in [5, 5.41) is 0. The van der Waals surface area contributed by atoms with Gasteiger partial charge in [0.25, 0.3) is 5.91 Å². The fourth-order valence-corrected chi connectivity index (χ4v) is 5.13. The molecule has 0 radical (unpaired) electrons. The van der Waals surface area contributed by atoms with Crippen LogP contribution in [0.1, 0.15) is 35.8 Å². The SMILES string of the molecule is CCCN(CCCN1CCN(c2cccc3nccnc23)CC1)C(=O)c1cc(-c2ccccn2)[nH]c1C. The van der Waals surface area contributed by atoms with Crippen LogP contribution in [0.2, 0.25) is 0 Å². The predicted molar refractivity (Wildman–Crippen MR) is 148 cm³/mol. The molecular weight excluding hydrogens is 462 g/mol. The van der Waals surface area contributed by atoms with Gasteiger partial charge in [-0.3, -0.25) is 24.6 Å². The van der Waals surface area contributed by atoms with Crippen LogP contribution in [0.15, 0.2) is 61.1 Å². The summed E-state index contributed by atoms with van der Waals surface area (Å²) in [7, 11) is 0. The molecule has 8 heteroatoms. The second-order valence-electron chi connectivity index (χ2n) is 9.61. The van der Waals surface area contributed by atoms with Crippen molar-refractivity contribution >= 4 is 22.6 Å². The molecule has 0 bridgehead atoms. The van der Waals surface area contributed by atoms with Gasteiger partial charge < -0.3 is 14.8 Å². The van der Waals surface area contributed by atoms with Crippen LogP contribution in [0.5, 0.6) is 0 Å². The number of carbonyl (C=O) groups excluding carboxylic acids is 1. The number of benzene rings is 1. The zero-order valence-corrected chi connectivity index (χ0v) is 21.7. The quantitative estimate of drug-likeness (QED) is 0.369. The van der Waals surface area contributed by atoms with Gasteiger partial charge in [-0.05, 0) is 56.6 Å². The third kappa shape index (κ3) is 5.64. The molecule has 0 unspecified atom stereocenters. The van der Waals surface area contributed by atoms with Crippen molar-refractivity contribution in [1.82, 2.24) is 29.7 Å². The Morgan fingerprint density at radius 1 is 0.973 bits per heavy atom. The number of para-hydroxylation sites is 1. The first-order valence-electron chi connectivity index (χ1n) is 13.2. The monoisotopic (exact) mass is 497 g/mol. The number of hydrogen-bond acceptors (Lipinski definition) is 6. The normalized spacial score (nSPS) is 14.3. The fourth-order valence-electron chi connectivity index (χ4n) is 5.13. The van der Waals surface area contributed by atoms with Gasteiger partial charge in [0.05, 0.1) is 28.2 Å². The molecule has 192 valence electrons. The zero-order valence-electron chi connectivity index (χ0n) is 21.7. The van der Waals surface area contributed by atoms with Gasteiger partial charge in [-0.25, -0.2) is 0 Å². The highest BCUT2D eigenvalue weighted by molar-refractivity contribution is 5.96. The van der Waals surface area contributed by atoms with Gasteiger partial charge in [-0.1, -0.05) is 19.1 Å². The van der Waals surface area contributed by atoms with Crippen molar-refractivity contribution in [3.05, 3.63) is 72.3 Å². The number of pyridine rings is 1. The average Bonchev–Trinajstić information content (AvgIpc) is 3.34. The van der Waals surface area contributed by atoms with Crippen LogP contribution in [0.4, 0.5) is 5.69 Å². The van der Waals surface area contributed by atoms with Gasteiger partial charge in [0.2, 0.25) is 0 Å². The molecule has 5 rings (SSSR count). The number of nitrogens with one attached hydrogen (secondary N) is 1. The van der Waals surface area contributed by atoms with Crippen LogP contribution in [0.3, 0.4) is 0 Å². The van der Waals surface area contributed by atoms with E-state index in [2.05, 4.69) is 48.8 Å². The first-order valence-corrected chi connectivity index (χ1v) is 13.2. The Labute approximate surface area is 218 Å². The van der Waals surface area contributed by atoms with E-state index in [1.807, 2.05) is 42.2 Å². The highest BCUT2D eigenvalue weighted by Crippen LogP contribution is 2.25. The summed E-state index contributed by atoms with van der Waals surface area (Å²) in [5.74, 6) is 0.0969. The molecule has 1 saturated heterocycles. The lowest BCUT2D eigenvalue weighted by Gasteiger charge is -2.36. The van der Waals surface area contributed by atoms with Gasteiger partial charge in [-0.2, -0.15) is 0 Å². The van der Waals surface area contributed by atoms with Crippen molar-refractivity contribution in [3.8, 4) is 11.4 Å². The van der Waals surface area contributed by atoms with E-state index in [-0.39, 0.29) is 5.91 Å². The number of aromatic nitrogens is 4. The molecule has 0 aliphatic carbocycles. The molecule has 8 nitrogen and oxygen atoms in total. The second kappa shape index (κ2) is 11.5. The first-order chi connectivity index (χ1) is 18.1. The molecule has 1 aliphatic heterocycles. The molecule has 4 heterocycles. The molecule has 37 heavy (non-hydrogen) atoms.